The number of benzene rings is 2. The molecule has 0 radical (unpaired) electrons. The predicted octanol–water partition coefficient (Wildman–Crippen LogP) is 5.20. The van der Waals surface area contributed by atoms with Crippen LogP contribution in [0.15, 0.2) is 53.4 Å². The van der Waals surface area contributed by atoms with E-state index in [1.165, 1.54) is 6.39 Å². The number of aromatic nitrogens is 1. The van der Waals surface area contributed by atoms with E-state index in [9.17, 15) is 4.79 Å². The number of ether oxygens (including phenoxy) is 1. The highest BCUT2D eigenvalue weighted by Crippen LogP contribution is 2.33. The van der Waals surface area contributed by atoms with Crippen LogP contribution in [0.2, 0.25) is 15.1 Å². The lowest BCUT2D eigenvalue weighted by Gasteiger charge is -2.46. The van der Waals surface area contributed by atoms with Gasteiger partial charge in [0.05, 0.1) is 45.6 Å². The van der Waals surface area contributed by atoms with E-state index < -0.39 is 0 Å². The molecule has 0 saturated carbocycles. The van der Waals surface area contributed by atoms with Crippen LogP contribution in [0.5, 0.6) is 0 Å². The molecule has 0 unspecified atom stereocenters. The van der Waals surface area contributed by atoms with E-state index in [1.807, 2.05) is 23.1 Å². The number of carbonyl (C=O) groups excluding carboxylic acids is 1. The number of hydrogen-bond donors (Lipinski definition) is 0. The Morgan fingerprint density at radius 1 is 1.06 bits per heavy atom. The Kier molecular flexibility index (Phi) is 6.14. The van der Waals surface area contributed by atoms with E-state index in [0.717, 1.165) is 18.7 Å². The first-order valence-corrected chi connectivity index (χ1v) is 11.4. The van der Waals surface area contributed by atoms with Gasteiger partial charge in [0.1, 0.15) is 0 Å². The Labute approximate surface area is 200 Å². The highest BCUT2D eigenvalue weighted by Gasteiger charge is 2.36. The monoisotopic (exact) mass is 491 g/mol. The smallest absolute Gasteiger partial charge is 0.255 e. The zero-order valence-corrected chi connectivity index (χ0v) is 19.3. The lowest BCUT2D eigenvalue weighted by atomic mass is 10.0. The van der Waals surface area contributed by atoms with Crippen molar-refractivity contribution in [3.63, 3.8) is 0 Å². The molecule has 3 heterocycles. The Morgan fingerprint density at radius 3 is 2.72 bits per heavy atom. The second-order valence-corrected chi connectivity index (χ2v) is 9.12. The molecule has 2 aliphatic rings. The van der Waals surface area contributed by atoms with Crippen molar-refractivity contribution in [2.24, 2.45) is 0 Å². The molecule has 32 heavy (non-hydrogen) atoms. The summed E-state index contributed by atoms with van der Waals surface area (Å²) in [4.78, 5) is 21.4. The second-order valence-electron chi connectivity index (χ2n) is 7.93. The van der Waals surface area contributed by atoms with Crippen molar-refractivity contribution in [3.05, 3.63) is 75.2 Å². The molecule has 2 saturated heterocycles. The number of piperazine rings is 1. The Balaban J connectivity index is 1.28. The van der Waals surface area contributed by atoms with E-state index in [2.05, 4.69) is 9.88 Å². The van der Waals surface area contributed by atoms with Crippen LogP contribution in [0.25, 0.3) is 11.3 Å². The van der Waals surface area contributed by atoms with Crippen molar-refractivity contribution in [1.82, 2.24) is 14.8 Å². The van der Waals surface area contributed by atoms with Crippen LogP contribution < -0.4 is 0 Å². The normalized spacial score (nSPS) is 21.4. The number of morpholine rings is 1. The standard InChI is InChI=1S/C23H20Cl3N3O3/c24-18-5-4-14(8-19(18)25)21-11-28-6-7-29(10-15(28)12-31-21)23(30)17-3-1-2-16(22(17)26)20-9-27-13-32-20/h1-5,8-9,13,15,21H,6-7,10-12H2/t15-,21-/m0/s1. The quantitative estimate of drug-likeness (QED) is 0.503. The maximum absolute atomic E-state index is 13.3. The minimum atomic E-state index is -0.0948. The van der Waals surface area contributed by atoms with E-state index >= 15 is 0 Å². The van der Waals surface area contributed by atoms with Crippen molar-refractivity contribution < 1.29 is 13.9 Å². The molecule has 0 N–H and O–H groups in total. The topological polar surface area (TPSA) is 58.8 Å². The zero-order valence-electron chi connectivity index (χ0n) is 17.0. The molecule has 0 bridgehead atoms. The third kappa shape index (κ3) is 4.14. The predicted molar refractivity (Wildman–Crippen MR) is 123 cm³/mol. The van der Waals surface area contributed by atoms with Gasteiger partial charge in [0.15, 0.2) is 12.2 Å². The highest BCUT2D eigenvalue weighted by molar-refractivity contribution is 6.42. The van der Waals surface area contributed by atoms with Gasteiger partial charge in [-0.3, -0.25) is 9.69 Å². The third-order valence-electron chi connectivity index (χ3n) is 6.02. The number of hydrogen-bond acceptors (Lipinski definition) is 5. The highest BCUT2D eigenvalue weighted by atomic mass is 35.5. The van der Waals surface area contributed by atoms with Crippen LogP contribution >= 0.6 is 34.8 Å². The Morgan fingerprint density at radius 2 is 1.94 bits per heavy atom. The maximum atomic E-state index is 13.3. The molecule has 2 atom stereocenters. The van der Waals surface area contributed by atoms with Crippen molar-refractivity contribution in [1.29, 1.82) is 0 Å². The van der Waals surface area contributed by atoms with Gasteiger partial charge in [-0.25, -0.2) is 4.98 Å². The van der Waals surface area contributed by atoms with Crippen LogP contribution in [0, 0.1) is 0 Å². The first kappa shape index (κ1) is 21.7. The first-order valence-electron chi connectivity index (χ1n) is 10.3. The van der Waals surface area contributed by atoms with E-state index in [-0.39, 0.29) is 18.1 Å². The summed E-state index contributed by atoms with van der Waals surface area (Å²) in [5, 5.41) is 1.42. The first-order chi connectivity index (χ1) is 15.5. The molecule has 2 aliphatic heterocycles. The third-order valence-corrected chi connectivity index (χ3v) is 7.17. The molecular formula is C23H20Cl3N3O3. The molecule has 9 heteroatoms. The van der Waals surface area contributed by atoms with Crippen LogP contribution in [0.4, 0.5) is 0 Å². The molecular weight excluding hydrogens is 473 g/mol. The van der Waals surface area contributed by atoms with Crippen LogP contribution in [0.1, 0.15) is 22.0 Å². The number of carbonyl (C=O) groups is 1. The number of halogens is 3. The van der Waals surface area contributed by atoms with E-state index in [0.29, 0.717) is 51.7 Å². The van der Waals surface area contributed by atoms with E-state index in [1.54, 1.807) is 24.4 Å². The van der Waals surface area contributed by atoms with E-state index in [4.69, 9.17) is 44.0 Å². The molecule has 2 aromatic carbocycles. The number of fused-ring (bicyclic) bond motifs is 1. The average molecular weight is 493 g/mol. The van der Waals surface area contributed by atoms with Gasteiger partial charge in [-0.1, -0.05) is 46.9 Å². The van der Waals surface area contributed by atoms with Crippen LogP contribution in [-0.4, -0.2) is 59.5 Å². The summed E-state index contributed by atoms with van der Waals surface area (Å²) >= 11 is 18.8. The SMILES string of the molecule is O=C(c1cccc(-c2cnco2)c1Cl)N1CCN2C[C@@H](c3ccc(Cl)c(Cl)c3)OC[C@@H]2C1. The van der Waals surface area contributed by atoms with Crippen molar-refractivity contribution in [3.8, 4) is 11.3 Å². The van der Waals surface area contributed by atoms with Crippen molar-refractivity contribution >= 4 is 40.7 Å². The lowest BCUT2D eigenvalue weighted by Crippen LogP contribution is -2.59. The molecule has 5 rings (SSSR count). The summed E-state index contributed by atoms with van der Waals surface area (Å²) in [7, 11) is 0. The Bertz CT molecular complexity index is 1140. The minimum absolute atomic E-state index is 0.0729. The number of nitrogens with zero attached hydrogens (tertiary/aromatic N) is 3. The van der Waals surface area contributed by atoms with Gasteiger partial charge in [-0.15, -0.1) is 0 Å². The zero-order chi connectivity index (χ0) is 22.2. The molecule has 166 valence electrons. The average Bonchev–Trinajstić information content (AvgIpc) is 3.34. The van der Waals surface area contributed by atoms with Gasteiger partial charge in [-0.2, -0.15) is 0 Å². The fourth-order valence-corrected chi connectivity index (χ4v) is 4.90. The van der Waals surface area contributed by atoms with Gasteiger partial charge >= 0.3 is 0 Å². The van der Waals surface area contributed by atoms with Gasteiger partial charge in [0.25, 0.3) is 5.91 Å². The number of amides is 1. The van der Waals surface area contributed by atoms with Crippen LogP contribution in [0.3, 0.4) is 0 Å². The molecule has 1 amide bonds. The summed E-state index contributed by atoms with van der Waals surface area (Å²) in [6, 6.07) is 11.1. The van der Waals surface area contributed by atoms with Crippen molar-refractivity contribution in [2.75, 3.05) is 32.8 Å². The molecule has 0 aliphatic carbocycles. The molecule has 0 spiro atoms. The maximum Gasteiger partial charge on any atom is 0.255 e. The van der Waals surface area contributed by atoms with Gasteiger partial charge in [-0.05, 0) is 29.8 Å². The molecule has 1 aromatic heterocycles. The summed E-state index contributed by atoms with van der Waals surface area (Å²) in [5.74, 6) is 0.436. The summed E-state index contributed by atoms with van der Waals surface area (Å²) in [6.45, 7) is 3.23. The fourth-order valence-electron chi connectivity index (χ4n) is 4.29. The summed E-state index contributed by atoms with van der Waals surface area (Å²) in [5.41, 5.74) is 2.12. The van der Waals surface area contributed by atoms with Gasteiger partial charge < -0.3 is 14.1 Å². The minimum Gasteiger partial charge on any atom is -0.443 e. The molecule has 3 aromatic rings. The Hall–Kier alpha value is -2.09. The van der Waals surface area contributed by atoms with Gasteiger partial charge in [0.2, 0.25) is 0 Å². The second kappa shape index (κ2) is 9.04. The lowest BCUT2D eigenvalue weighted by molar-refractivity contribution is -0.0858. The fraction of sp³-hybridized carbons (Fsp3) is 0.304. The number of oxazole rings is 1. The van der Waals surface area contributed by atoms with Gasteiger partial charge in [0, 0.05) is 31.7 Å². The largest absolute Gasteiger partial charge is 0.443 e. The van der Waals surface area contributed by atoms with Crippen molar-refractivity contribution in [2.45, 2.75) is 12.1 Å². The molecule has 2 fully saturated rings. The number of rotatable bonds is 3. The summed E-state index contributed by atoms with van der Waals surface area (Å²) < 4.78 is 11.5. The summed E-state index contributed by atoms with van der Waals surface area (Å²) in [6.07, 6.45) is 2.85. The molecule has 6 nitrogen and oxygen atoms in total. The van der Waals surface area contributed by atoms with Crippen LogP contribution in [-0.2, 0) is 4.74 Å².